The lowest BCUT2D eigenvalue weighted by molar-refractivity contribution is -0.138. The smallest absolute Gasteiger partial charge is 0.372 e. The number of amides is 1. The van der Waals surface area contributed by atoms with Crippen molar-refractivity contribution in [1.29, 1.82) is 0 Å². The number of nitrogens with one attached hydrogen (secondary N) is 2. The largest absolute Gasteiger partial charge is 0.417 e. The average molecular weight is 622 g/mol. The first-order valence-corrected chi connectivity index (χ1v) is 14.0. The Morgan fingerprint density at radius 3 is 2.43 bits per heavy atom. The van der Waals surface area contributed by atoms with Crippen LogP contribution in [0.3, 0.4) is 0 Å². The van der Waals surface area contributed by atoms with Crippen molar-refractivity contribution in [3.8, 4) is 11.3 Å². The normalized spacial score (nSPS) is 21.4. The van der Waals surface area contributed by atoms with Crippen LogP contribution in [-0.2, 0) is 10.9 Å². The number of ether oxygens (including phenoxy) is 1. The highest BCUT2D eigenvalue weighted by Crippen LogP contribution is 2.39. The standard InChI is InChI=1S/C29H32F5N7O3/c1-15-12-40(8-7-39(15)4)22-10-20(30)24(21-5-6-35-28(37-21)41-13-16(2)44-17(3)14-41)25(31)26(22)38-27(43)18-11-36-23(42)9-19(18)29(32,33)34/h5-6,9-11,15-17H,7-8,12-14H2,1-4H3,(H,36,42)(H,38,43)/t15?,16-,17+. The van der Waals surface area contributed by atoms with E-state index in [0.29, 0.717) is 38.9 Å². The maximum atomic E-state index is 16.5. The molecular formula is C29H32F5N7O3. The Labute approximate surface area is 249 Å². The maximum absolute atomic E-state index is 16.5. The molecular weight excluding hydrogens is 589 g/mol. The van der Waals surface area contributed by atoms with E-state index in [1.165, 1.54) is 12.3 Å². The van der Waals surface area contributed by atoms with Crippen molar-refractivity contribution in [1.82, 2.24) is 19.9 Å². The molecule has 44 heavy (non-hydrogen) atoms. The predicted octanol–water partition coefficient (Wildman–Crippen LogP) is 4.14. The van der Waals surface area contributed by atoms with Gasteiger partial charge in [-0.25, -0.2) is 18.7 Å². The zero-order chi connectivity index (χ0) is 31.9. The molecule has 2 fully saturated rings. The van der Waals surface area contributed by atoms with Crippen LogP contribution in [0.4, 0.5) is 39.3 Å². The number of anilines is 3. The fourth-order valence-corrected chi connectivity index (χ4v) is 5.53. The molecule has 0 spiro atoms. The number of aromatic amines is 1. The van der Waals surface area contributed by atoms with Gasteiger partial charge in [-0.2, -0.15) is 13.2 Å². The first-order valence-electron chi connectivity index (χ1n) is 14.0. The number of hydrogen-bond acceptors (Lipinski definition) is 8. The van der Waals surface area contributed by atoms with E-state index in [2.05, 4.69) is 20.3 Å². The Kier molecular flexibility index (Phi) is 8.62. The lowest BCUT2D eigenvalue weighted by atomic mass is 10.0. The zero-order valence-corrected chi connectivity index (χ0v) is 24.5. The Balaban J connectivity index is 1.61. The lowest BCUT2D eigenvalue weighted by Crippen LogP contribution is -2.50. The molecule has 5 rings (SSSR count). The minimum atomic E-state index is -5.05. The van der Waals surface area contributed by atoms with E-state index in [-0.39, 0.29) is 41.6 Å². The van der Waals surface area contributed by atoms with Crippen molar-refractivity contribution in [2.75, 3.05) is 54.9 Å². The summed E-state index contributed by atoms with van der Waals surface area (Å²) in [6.07, 6.45) is -3.36. The van der Waals surface area contributed by atoms with E-state index in [0.717, 1.165) is 6.07 Å². The number of aromatic nitrogens is 3. The highest BCUT2D eigenvalue weighted by molar-refractivity contribution is 6.07. The van der Waals surface area contributed by atoms with Gasteiger partial charge in [-0.15, -0.1) is 0 Å². The van der Waals surface area contributed by atoms with Crippen LogP contribution < -0.4 is 20.7 Å². The van der Waals surface area contributed by atoms with Gasteiger partial charge in [0.05, 0.1) is 40.3 Å². The van der Waals surface area contributed by atoms with Gasteiger partial charge in [0.2, 0.25) is 11.5 Å². The molecule has 0 saturated carbocycles. The molecule has 1 amide bonds. The van der Waals surface area contributed by atoms with Gasteiger partial charge in [-0.3, -0.25) is 9.59 Å². The second kappa shape index (κ2) is 12.1. The van der Waals surface area contributed by atoms with Crippen LogP contribution in [0.2, 0.25) is 0 Å². The summed E-state index contributed by atoms with van der Waals surface area (Å²) in [7, 11) is 1.90. The van der Waals surface area contributed by atoms with E-state index < -0.39 is 51.7 Å². The minimum Gasteiger partial charge on any atom is -0.372 e. The average Bonchev–Trinajstić information content (AvgIpc) is 2.95. The Hall–Kier alpha value is -4.11. The summed E-state index contributed by atoms with van der Waals surface area (Å²) < 4.78 is 79.3. The summed E-state index contributed by atoms with van der Waals surface area (Å²) in [5, 5.41) is 2.25. The lowest BCUT2D eigenvalue weighted by Gasteiger charge is -2.39. The third-order valence-corrected chi connectivity index (χ3v) is 7.81. The van der Waals surface area contributed by atoms with Gasteiger partial charge in [0, 0.05) is 63.3 Å². The van der Waals surface area contributed by atoms with Gasteiger partial charge in [0.25, 0.3) is 5.91 Å². The molecule has 1 aromatic carbocycles. The number of piperazine rings is 1. The second-order valence-corrected chi connectivity index (χ2v) is 11.2. The van der Waals surface area contributed by atoms with Crippen LogP contribution in [0, 0.1) is 11.6 Å². The van der Waals surface area contributed by atoms with E-state index in [1.54, 1.807) is 4.90 Å². The molecule has 15 heteroatoms. The van der Waals surface area contributed by atoms with Crippen LogP contribution in [0.5, 0.6) is 0 Å². The van der Waals surface area contributed by atoms with Crippen molar-refractivity contribution >= 4 is 23.2 Å². The zero-order valence-electron chi connectivity index (χ0n) is 24.5. The third kappa shape index (κ3) is 6.38. The molecule has 2 aliphatic rings. The van der Waals surface area contributed by atoms with Gasteiger partial charge in [0.15, 0.2) is 5.82 Å². The number of carbonyl (C=O) groups excluding carboxylic acids is 1. The predicted molar refractivity (Wildman–Crippen MR) is 154 cm³/mol. The molecule has 1 unspecified atom stereocenters. The molecule has 0 aliphatic carbocycles. The van der Waals surface area contributed by atoms with Gasteiger partial charge >= 0.3 is 6.18 Å². The topological polar surface area (TPSA) is 107 Å². The summed E-state index contributed by atoms with van der Waals surface area (Å²) in [5.41, 5.74) is -4.76. The first-order chi connectivity index (χ1) is 20.7. The molecule has 2 N–H and O–H groups in total. The number of pyridine rings is 1. The van der Waals surface area contributed by atoms with Crippen LogP contribution in [-0.4, -0.2) is 83.8 Å². The highest BCUT2D eigenvalue weighted by atomic mass is 19.4. The number of rotatable bonds is 5. The molecule has 0 bridgehead atoms. The number of halogens is 5. The van der Waals surface area contributed by atoms with Crippen LogP contribution in [0.15, 0.2) is 35.4 Å². The number of H-pyrrole nitrogens is 1. The van der Waals surface area contributed by atoms with Crippen LogP contribution >= 0.6 is 0 Å². The monoisotopic (exact) mass is 621 g/mol. The van der Waals surface area contributed by atoms with Crippen molar-refractivity contribution < 1.29 is 31.5 Å². The fraction of sp³-hybridized carbons (Fsp3) is 0.448. The number of likely N-dealkylation sites (N-methyl/N-ethyl adjacent to an activating group) is 1. The maximum Gasteiger partial charge on any atom is 0.417 e. The summed E-state index contributed by atoms with van der Waals surface area (Å²) >= 11 is 0. The summed E-state index contributed by atoms with van der Waals surface area (Å²) in [6, 6.07) is 2.58. The molecule has 2 saturated heterocycles. The number of hydrogen-bond donors (Lipinski definition) is 2. The number of carbonyl (C=O) groups is 1. The van der Waals surface area contributed by atoms with Crippen molar-refractivity contribution in [3.63, 3.8) is 0 Å². The Bertz CT molecular complexity index is 1610. The molecule has 4 heterocycles. The van der Waals surface area contributed by atoms with Gasteiger partial charge < -0.3 is 29.7 Å². The van der Waals surface area contributed by atoms with E-state index >= 15 is 8.78 Å². The highest BCUT2D eigenvalue weighted by Gasteiger charge is 2.37. The third-order valence-electron chi connectivity index (χ3n) is 7.81. The Morgan fingerprint density at radius 1 is 1.07 bits per heavy atom. The van der Waals surface area contributed by atoms with E-state index in [4.69, 9.17) is 4.74 Å². The SMILES string of the molecule is CC1CN(c2cc(F)c(-c3ccnc(N4C[C@@H](C)O[C@@H](C)C4)n3)c(F)c2NC(=O)c2c[nH]c(=O)cc2C(F)(F)F)CCN1C. The quantitative estimate of drug-likeness (QED) is 0.410. The van der Waals surface area contributed by atoms with Crippen molar-refractivity contribution in [2.24, 2.45) is 0 Å². The van der Waals surface area contributed by atoms with Gasteiger partial charge in [-0.05, 0) is 33.9 Å². The first kappa shape index (κ1) is 31.3. The second-order valence-electron chi connectivity index (χ2n) is 11.2. The van der Waals surface area contributed by atoms with Crippen LogP contribution in [0.25, 0.3) is 11.3 Å². The number of alkyl halides is 3. The number of morpholine rings is 1. The molecule has 2 aliphatic heterocycles. The van der Waals surface area contributed by atoms with E-state index in [9.17, 15) is 22.8 Å². The molecule has 3 aromatic rings. The molecule has 0 radical (unpaired) electrons. The Morgan fingerprint density at radius 2 is 1.77 bits per heavy atom. The van der Waals surface area contributed by atoms with Gasteiger partial charge in [-0.1, -0.05) is 0 Å². The molecule has 236 valence electrons. The molecule has 10 nitrogen and oxygen atoms in total. The van der Waals surface area contributed by atoms with E-state index in [1.807, 2.05) is 37.6 Å². The molecule has 2 aromatic heterocycles. The summed E-state index contributed by atoms with van der Waals surface area (Å²) in [4.78, 5) is 41.2. The fourth-order valence-electron chi connectivity index (χ4n) is 5.53. The number of benzene rings is 1. The van der Waals surface area contributed by atoms with Crippen LogP contribution in [0.1, 0.15) is 36.7 Å². The van der Waals surface area contributed by atoms with Crippen molar-refractivity contribution in [3.05, 3.63) is 63.7 Å². The minimum absolute atomic E-state index is 0.0307. The summed E-state index contributed by atoms with van der Waals surface area (Å²) in [6.45, 7) is 7.76. The van der Waals surface area contributed by atoms with Crippen molar-refractivity contribution in [2.45, 2.75) is 45.2 Å². The van der Waals surface area contributed by atoms with Gasteiger partial charge in [0.1, 0.15) is 11.5 Å². The number of nitrogens with zero attached hydrogens (tertiary/aromatic N) is 5. The summed E-state index contributed by atoms with van der Waals surface area (Å²) in [5.74, 6) is -3.32. The molecule has 3 atom stereocenters.